The van der Waals surface area contributed by atoms with Gasteiger partial charge in [0.1, 0.15) is 6.61 Å². The van der Waals surface area contributed by atoms with Gasteiger partial charge in [0.05, 0.1) is 0 Å². The predicted molar refractivity (Wildman–Crippen MR) is 133 cm³/mol. The lowest BCUT2D eigenvalue weighted by Crippen LogP contribution is -2.34. The summed E-state index contributed by atoms with van der Waals surface area (Å²) in [7, 11) is 0. The molecule has 4 atom stereocenters. The van der Waals surface area contributed by atoms with E-state index in [9.17, 15) is 4.39 Å². The molecule has 0 N–H and O–H groups in total. The second-order valence-corrected chi connectivity index (χ2v) is 10.8. The van der Waals surface area contributed by atoms with E-state index in [1.54, 1.807) is 6.07 Å². The molecule has 0 radical (unpaired) electrons. The second kappa shape index (κ2) is 11.5. The molecule has 1 nitrogen and oxygen atoms in total. The summed E-state index contributed by atoms with van der Waals surface area (Å²) in [5, 5.41) is 0. The maximum absolute atomic E-state index is 14.6. The zero-order chi connectivity index (χ0) is 22.3. The average Bonchev–Trinajstić information content (AvgIpc) is 2.83. The van der Waals surface area contributed by atoms with Crippen molar-refractivity contribution in [3.8, 4) is 5.75 Å². The number of ether oxygens (including phenoxy) is 1. The van der Waals surface area contributed by atoms with Crippen molar-refractivity contribution >= 4 is 0 Å². The maximum Gasteiger partial charge on any atom is 0.165 e. The van der Waals surface area contributed by atoms with Crippen LogP contribution in [0.5, 0.6) is 5.75 Å². The van der Waals surface area contributed by atoms with Gasteiger partial charge in [-0.05, 0) is 124 Å². The Morgan fingerprint density at radius 1 is 0.938 bits per heavy atom. The van der Waals surface area contributed by atoms with Crippen molar-refractivity contribution < 1.29 is 9.13 Å². The van der Waals surface area contributed by atoms with Crippen LogP contribution in [0.3, 0.4) is 0 Å². The molecule has 0 saturated heterocycles. The minimum atomic E-state index is -0.207. The van der Waals surface area contributed by atoms with Gasteiger partial charge in [-0.3, -0.25) is 0 Å². The lowest BCUT2D eigenvalue weighted by molar-refractivity contribution is 0.0713. The molecule has 3 fully saturated rings. The van der Waals surface area contributed by atoms with Crippen LogP contribution in [0.15, 0.2) is 43.0 Å². The summed E-state index contributed by atoms with van der Waals surface area (Å²) in [6.45, 7) is 6.27. The van der Waals surface area contributed by atoms with Crippen LogP contribution in [0, 0.1) is 35.4 Å². The third-order valence-corrected chi connectivity index (χ3v) is 8.99. The number of hydrogen-bond donors (Lipinski definition) is 0. The zero-order valence-electron chi connectivity index (χ0n) is 20.1. The van der Waals surface area contributed by atoms with E-state index in [-0.39, 0.29) is 5.82 Å². The van der Waals surface area contributed by atoms with Gasteiger partial charge in [0.25, 0.3) is 0 Å². The summed E-state index contributed by atoms with van der Waals surface area (Å²) in [5.74, 6) is 5.36. The highest BCUT2D eigenvalue weighted by Gasteiger charge is 2.39. The summed E-state index contributed by atoms with van der Waals surface area (Å²) >= 11 is 0. The van der Waals surface area contributed by atoms with E-state index in [0.717, 1.165) is 29.6 Å². The van der Waals surface area contributed by atoms with Crippen molar-refractivity contribution in [3.05, 3.63) is 54.4 Å². The van der Waals surface area contributed by atoms with E-state index in [1.807, 2.05) is 25.1 Å². The molecule has 32 heavy (non-hydrogen) atoms. The fourth-order valence-electron chi connectivity index (χ4n) is 7.08. The number of hydrogen-bond acceptors (Lipinski definition) is 1. The van der Waals surface area contributed by atoms with Crippen LogP contribution in [0.2, 0.25) is 0 Å². The van der Waals surface area contributed by atoms with Gasteiger partial charge in [-0.1, -0.05) is 37.1 Å². The van der Waals surface area contributed by atoms with E-state index in [0.29, 0.717) is 18.3 Å². The molecule has 3 aliphatic rings. The number of rotatable bonds is 8. The van der Waals surface area contributed by atoms with Crippen molar-refractivity contribution in [2.24, 2.45) is 29.6 Å². The summed E-state index contributed by atoms with van der Waals surface area (Å²) in [4.78, 5) is 0. The minimum absolute atomic E-state index is 0.207. The van der Waals surface area contributed by atoms with Crippen LogP contribution < -0.4 is 4.74 Å². The molecule has 1 aromatic rings. The van der Waals surface area contributed by atoms with Gasteiger partial charge in [-0.15, -0.1) is 6.58 Å². The Hall–Kier alpha value is -1.57. The Morgan fingerprint density at radius 3 is 2.34 bits per heavy atom. The molecule has 0 spiro atoms. The van der Waals surface area contributed by atoms with Gasteiger partial charge in [-0.25, -0.2) is 4.39 Å². The first-order chi connectivity index (χ1) is 15.7. The molecule has 4 rings (SSSR count). The molecule has 0 amide bonds. The molecule has 176 valence electrons. The second-order valence-electron chi connectivity index (χ2n) is 10.8. The molecular weight excluding hydrogens is 395 g/mol. The van der Waals surface area contributed by atoms with E-state index >= 15 is 0 Å². The molecule has 0 aromatic heterocycles. The van der Waals surface area contributed by atoms with Gasteiger partial charge in [-0.2, -0.15) is 0 Å². The van der Waals surface area contributed by atoms with Crippen LogP contribution in [0.25, 0.3) is 0 Å². The zero-order valence-corrected chi connectivity index (χ0v) is 20.1. The monoisotopic (exact) mass is 438 g/mol. The van der Waals surface area contributed by atoms with Crippen LogP contribution in [-0.2, 0) is 0 Å². The fraction of sp³-hybridized carbons (Fsp3) is 0.667. The van der Waals surface area contributed by atoms with Crippen molar-refractivity contribution in [2.45, 2.75) is 89.9 Å². The molecule has 2 heteroatoms. The van der Waals surface area contributed by atoms with Gasteiger partial charge in [0.15, 0.2) is 11.6 Å². The highest BCUT2D eigenvalue weighted by molar-refractivity contribution is 5.32. The first-order valence-electron chi connectivity index (χ1n) is 13.3. The largest absolute Gasteiger partial charge is 0.486 e. The summed E-state index contributed by atoms with van der Waals surface area (Å²) in [6.07, 6.45) is 22.4. The van der Waals surface area contributed by atoms with Gasteiger partial charge < -0.3 is 4.74 Å². The quantitative estimate of drug-likeness (QED) is 0.368. The Bertz CT molecular complexity index is 760. The SMILES string of the molecule is C=CCCC1CCC(C2CCC3CC(c4ccc(OC/C=C/C)c(F)c4)CCC3C2)CC1. The van der Waals surface area contributed by atoms with Crippen molar-refractivity contribution in [3.63, 3.8) is 0 Å². The van der Waals surface area contributed by atoms with E-state index in [4.69, 9.17) is 4.74 Å². The standard InChI is InChI=1S/C30H43FO/c1-3-5-7-22-8-10-23(11-9-22)24-12-13-26-20-27(15-14-25(26)19-24)28-16-17-30(29(31)21-28)32-18-6-4-2/h3-4,6,16-17,21-27H,1,5,7-15,18-20H2,2H3/b6-4+. The highest BCUT2D eigenvalue weighted by atomic mass is 19.1. The minimum Gasteiger partial charge on any atom is -0.486 e. The Balaban J connectivity index is 1.27. The normalized spacial score (nSPS) is 33.1. The molecule has 0 aliphatic heterocycles. The fourth-order valence-corrected chi connectivity index (χ4v) is 7.08. The lowest BCUT2D eigenvalue weighted by Gasteiger charge is -2.45. The van der Waals surface area contributed by atoms with Crippen molar-refractivity contribution in [1.82, 2.24) is 0 Å². The molecule has 3 aliphatic carbocycles. The van der Waals surface area contributed by atoms with Crippen LogP contribution in [-0.4, -0.2) is 6.61 Å². The van der Waals surface area contributed by atoms with Crippen molar-refractivity contribution in [1.29, 1.82) is 0 Å². The number of halogens is 1. The van der Waals surface area contributed by atoms with E-state index in [1.165, 1.54) is 82.6 Å². The summed E-state index contributed by atoms with van der Waals surface area (Å²) in [5.41, 5.74) is 1.18. The molecule has 3 saturated carbocycles. The molecule has 4 unspecified atom stereocenters. The van der Waals surface area contributed by atoms with Gasteiger partial charge in [0.2, 0.25) is 0 Å². The van der Waals surface area contributed by atoms with Gasteiger partial charge >= 0.3 is 0 Å². The molecular formula is C30H43FO. The topological polar surface area (TPSA) is 9.23 Å². The lowest BCUT2D eigenvalue weighted by atomic mass is 9.60. The van der Waals surface area contributed by atoms with Crippen LogP contribution in [0.1, 0.15) is 95.5 Å². The molecule has 0 heterocycles. The highest BCUT2D eigenvalue weighted by Crippen LogP contribution is 2.51. The van der Waals surface area contributed by atoms with E-state index in [2.05, 4.69) is 18.7 Å². The average molecular weight is 439 g/mol. The Kier molecular flexibility index (Phi) is 8.49. The van der Waals surface area contributed by atoms with Crippen molar-refractivity contribution in [2.75, 3.05) is 6.61 Å². The first kappa shape index (κ1) is 23.6. The smallest absolute Gasteiger partial charge is 0.165 e. The maximum atomic E-state index is 14.6. The number of allylic oxidation sites excluding steroid dienone is 2. The van der Waals surface area contributed by atoms with Crippen LogP contribution >= 0.6 is 0 Å². The first-order valence-corrected chi connectivity index (χ1v) is 13.3. The van der Waals surface area contributed by atoms with Crippen LogP contribution in [0.4, 0.5) is 4.39 Å². The number of fused-ring (bicyclic) bond motifs is 1. The number of benzene rings is 1. The molecule has 0 bridgehead atoms. The third-order valence-electron chi connectivity index (χ3n) is 8.99. The molecule has 1 aromatic carbocycles. The summed E-state index contributed by atoms with van der Waals surface area (Å²) < 4.78 is 20.1. The van der Waals surface area contributed by atoms with E-state index < -0.39 is 0 Å². The summed E-state index contributed by atoms with van der Waals surface area (Å²) in [6, 6.07) is 5.69. The predicted octanol–water partition coefficient (Wildman–Crippen LogP) is 8.85. The van der Waals surface area contributed by atoms with Gasteiger partial charge in [0, 0.05) is 0 Å². The Morgan fingerprint density at radius 2 is 1.62 bits per heavy atom. The third kappa shape index (κ3) is 5.86. The Labute approximate surface area is 195 Å².